The van der Waals surface area contributed by atoms with Gasteiger partial charge in [0.1, 0.15) is 30.5 Å². The monoisotopic (exact) mass is 654 g/mol. The van der Waals surface area contributed by atoms with Gasteiger partial charge in [-0.1, -0.05) is 43.3 Å². The zero-order valence-corrected chi connectivity index (χ0v) is 26.8. The Morgan fingerprint density at radius 3 is 1.94 bits per heavy atom. The van der Waals surface area contributed by atoms with Crippen LogP contribution in [0.25, 0.3) is 0 Å². The Morgan fingerprint density at radius 1 is 0.787 bits per heavy atom. The summed E-state index contributed by atoms with van der Waals surface area (Å²) in [6.07, 6.45) is -8.97. The van der Waals surface area contributed by atoms with E-state index in [1.165, 1.54) is 12.1 Å². The lowest BCUT2D eigenvalue weighted by Crippen LogP contribution is -2.69. The smallest absolute Gasteiger partial charge is 0.338 e. The molecule has 2 radical (unpaired) electrons. The minimum atomic E-state index is -2.44. The van der Waals surface area contributed by atoms with Crippen molar-refractivity contribution in [2.75, 3.05) is 6.61 Å². The van der Waals surface area contributed by atoms with Crippen LogP contribution >= 0.6 is 0 Å². The summed E-state index contributed by atoms with van der Waals surface area (Å²) in [4.78, 5) is 26.7. The van der Waals surface area contributed by atoms with Crippen LogP contribution < -0.4 is 0 Å². The number of fused-ring (bicyclic) bond motifs is 3. The number of benzene rings is 2. The molecule has 4 aliphatic rings. The fourth-order valence-corrected chi connectivity index (χ4v) is 6.37. The quantitative estimate of drug-likeness (QED) is 0.240. The average molecular weight is 654 g/mol. The third kappa shape index (κ3) is 6.84. The molecule has 2 aromatic carbocycles. The van der Waals surface area contributed by atoms with Gasteiger partial charge in [0.25, 0.3) is 8.05 Å². The minimum absolute atomic E-state index is 0.145. The van der Waals surface area contributed by atoms with E-state index in [0.717, 1.165) is 0 Å². The van der Waals surface area contributed by atoms with Crippen LogP contribution in [-0.4, -0.2) is 104 Å². The van der Waals surface area contributed by atoms with Crippen molar-refractivity contribution in [2.45, 2.75) is 114 Å². The van der Waals surface area contributed by atoms with Crippen LogP contribution in [0.15, 0.2) is 60.7 Å². The first kappa shape index (κ1) is 34.0. The molecule has 0 spiro atoms. The highest BCUT2D eigenvalue weighted by atomic mass is 16.9. The van der Waals surface area contributed by atoms with E-state index in [9.17, 15) is 14.7 Å². The molecule has 0 amide bonds. The summed E-state index contributed by atoms with van der Waals surface area (Å²) in [6.45, 7) is 8.66. The molecule has 14 heteroatoms. The van der Waals surface area contributed by atoms with Gasteiger partial charge in [0.15, 0.2) is 36.4 Å². The number of hydrogen-bond donors (Lipinski definition) is 1. The van der Waals surface area contributed by atoms with Crippen molar-refractivity contribution in [1.82, 2.24) is 0 Å². The second-order valence-electron chi connectivity index (χ2n) is 12.7. The molecule has 0 aliphatic carbocycles. The maximum absolute atomic E-state index is 13.4. The predicted molar refractivity (Wildman–Crippen MR) is 161 cm³/mol. The van der Waals surface area contributed by atoms with Gasteiger partial charge >= 0.3 is 11.9 Å². The molecule has 4 heterocycles. The van der Waals surface area contributed by atoms with Gasteiger partial charge in [-0.25, -0.2) is 9.59 Å². The molecule has 10 atom stereocenters. The van der Waals surface area contributed by atoms with E-state index < -0.39 is 84.6 Å². The van der Waals surface area contributed by atoms with Gasteiger partial charge in [-0.2, -0.15) is 0 Å². The summed E-state index contributed by atoms with van der Waals surface area (Å²) in [5.74, 6) is -5.94. The Bertz CT molecular complexity index is 1410. The fraction of sp³-hybridized carbons (Fsp3) is 0.576. The summed E-state index contributed by atoms with van der Waals surface area (Å²) in [7, 11) is 5.63. The Hall–Kier alpha value is -2.92. The highest BCUT2D eigenvalue weighted by Gasteiger charge is 2.62. The molecule has 0 aromatic heterocycles. The van der Waals surface area contributed by atoms with Crippen LogP contribution in [0.2, 0.25) is 0 Å². The van der Waals surface area contributed by atoms with E-state index in [-0.39, 0.29) is 24.2 Å². The maximum Gasteiger partial charge on any atom is 0.338 e. The molecule has 2 aromatic rings. The highest BCUT2D eigenvalue weighted by molar-refractivity contribution is 5.98. The first-order valence-corrected chi connectivity index (χ1v) is 15.6. The first-order chi connectivity index (χ1) is 22.3. The van der Waals surface area contributed by atoms with Crippen LogP contribution in [0.5, 0.6) is 0 Å². The number of aliphatic hydroxyl groups is 1. The molecule has 4 saturated heterocycles. The molecule has 0 bridgehead atoms. The molecule has 1 N–H and O–H groups in total. The van der Waals surface area contributed by atoms with E-state index in [1.807, 2.05) is 0 Å². The fourth-order valence-electron chi connectivity index (χ4n) is 6.37. The Kier molecular flexibility index (Phi) is 9.53. The van der Waals surface area contributed by atoms with Crippen molar-refractivity contribution >= 4 is 20.0 Å². The summed E-state index contributed by atoms with van der Waals surface area (Å²) >= 11 is 0. The molecule has 6 rings (SSSR count). The lowest BCUT2D eigenvalue weighted by Gasteiger charge is -2.49. The number of carbonyl (C=O) groups excluding carboxylic acids is 2. The summed E-state index contributed by atoms with van der Waals surface area (Å²) in [5, 5.41) is 11.7. The normalized spacial score (nSPS) is 37.0. The lowest BCUT2D eigenvalue weighted by atomic mass is 9.91. The predicted octanol–water partition coefficient (Wildman–Crippen LogP) is 2.77. The molecule has 4 fully saturated rings. The minimum Gasteiger partial charge on any atom is -0.449 e. The van der Waals surface area contributed by atoms with Crippen LogP contribution in [0, 0.1) is 0 Å². The van der Waals surface area contributed by atoms with E-state index in [0.29, 0.717) is 0 Å². The van der Waals surface area contributed by atoms with Gasteiger partial charge in [-0.05, 0) is 58.4 Å². The Morgan fingerprint density at radius 2 is 1.34 bits per heavy atom. The van der Waals surface area contributed by atoms with E-state index in [1.54, 1.807) is 83.1 Å². The number of hydrogen-bond acceptors (Lipinski definition) is 13. The van der Waals surface area contributed by atoms with E-state index in [2.05, 4.69) is 0 Å². The van der Waals surface area contributed by atoms with E-state index in [4.69, 9.17) is 55.3 Å². The third-order valence-electron chi connectivity index (χ3n) is 8.47. The third-order valence-corrected chi connectivity index (χ3v) is 8.47. The zero-order valence-electron chi connectivity index (χ0n) is 26.8. The van der Waals surface area contributed by atoms with E-state index >= 15 is 0 Å². The second kappa shape index (κ2) is 13.2. The molecular formula is C33H39BO13. The van der Waals surface area contributed by atoms with Crippen molar-refractivity contribution in [1.29, 1.82) is 0 Å². The summed E-state index contributed by atoms with van der Waals surface area (Å²) in [6, 6.07) is 16.2. The van der Waals surface area contributed by atoms with Crippen molar-refractivity contribution in [2.24, 2.45) is 0 Å². The number of rotatable bonds is 9. The van der Waals surface area contributed by atoms with Crippen LogP contribution in [-0.2, 0) is 47.3 Å². The largest absolute Gasteiger partial charge is 0.449 e. The topological polar surface area (TPSA) is 147 Å². The number of carbonyl (C=O) groups is 2. The summed E-state index contributed by atoms with van der Waals surface area (Å²) < 4.78 is 59.9. The molecule has 47 heavy (non-hydrogen) atoms. The van der Waals surface area contributed by atoms with Gasteiger partial charge in [0, 0.05) is 0 Å². The van der Waals surface area contributed by atoms with Crippen molar-refractivity contribution < 1.29 is 62.0 Å². The molecular weight excluding hydrogens is 615 g/mol. The van der Waals surface area contributed by atoms with Gasteiger partial charge < -0.3 is 52.4 Å². The average Bonchev–Trinajstić information content (AvgIpc) is 3.56. The van der Waals surface area contributed by atoms with Crippen LogP contribution in [0.3, 0.4) is 0 Å². The SMILES string of the molecule is [B]O[C@@]1(O)C(CC)OC(OCC2O[C@@H]3OC(C)(C)OC3[C@H]3OC(C)(C)O[C@@H]23)C(OC(=O)c2ccccc2)[C@H]1OC(=O)c1ccccc1. The van der Waals surface area contributed by atoms with Crippen molar-refractivity contribution in [3.05, 3.63) is 71.8 Å². The Balaban J connectivity index is 1.30. The highest BCUT2D eigenvalue weighted by Crippen LogP contribution is 2.45. The van der Waals surface area contributed by atoms with Gasteiger partial charge in [-0.3, -0.25) is 0 Å². The second-order valence-corrected chi connectivity index (χ2v) is 12.7. The van der Waals surface area contributed by atoms with Gasteiger partial charge in [0.2, 0.25) is 5.79 Å². The first-order valence-electron chi connectivity index (χ1n) is 15.6. The van der Waals surface area contributed by atoms with Crippen molar-refractivity contribution in [3.63, 3.8) is 0 Å². The number of esters is 2. The molecule has 4 aliphatic heterocycles. The Labute approximate surface area is 274 Å². The van der Waals surface area contributed by atoms with Crippen molar-refractivity contribution in [3.8, 4) is 0 Å². The number of ether oxygens (including phenoxy) is 9. The summed E-state index contributed by atoms with van der Waals surface area (Å²) in [5.41, 5.74) is 0.370. The van der Waals surface area contributed by atoms with Crippen LogP contribution in [0.4, 0.5) is 0 Å². The zero-order chi connectivity index (χ0) is 33.6. The lowest BCUT2D eigenvalue weighted by molar-refractivity contribution is -0.375. The molecule has 252 valence electrons. The molecule has 0 saturated carbocycles. The standard InChI is InChI=1S/C33H39BO13/c1-6-21-33(37,47-34)26(42-28(36)19-15-11-8-12-16-19)25(41-27(35)18-13-9-7-10-14-18)29(40-21)38-17-20-22-23(44-31(2,3)43-22)24-30(39-20)46-32(4,5)45-24/h7-16,20-26,29-30,37H,6,17H2,1-5H3/t20?,21?,22-,23-,24?,25?,26+,29?,30+,33-/m0/s1. The van der Waals surface area contributed by atoms with Crippen LogP contribution in [0.1, 0.15) is 61.8 Å². The molecule has 5 unspecified atom stereocenters. The van der Waals surface area contributed by atoms with Gasteiger partial charge in [-0.15, -0.1) is 0 Å². The van der Waals surface area contributed by atoms with Gasteiger partial charge in [0.05, 0.1) is 17.7 Å². The maximum atomic E-state index is 13.4. The molecule has 13 nitrogen and oxygen atoms in total.